The fourth-order valence-electron chi connectivity index (χ4n) is 8.57. The minimum absolute atomic E-state index is 0.0933. The zero-order valence-electron chi connectivity index (χ0n) is 30.5. The zero-order valence-corrected chi connectivity index (χ0v) is 30.5. The summed E-state index contributed by atoms with van der Waals surface area (Å²) < 4.78 is 4.57. The summed E-state index contributed by atoms with van der Waals surface area (Å²) in [6.07, 6.45) is 3.58. The van der Waals surface area contributed by atoms with Crippen LogP contribution in [0.15, 0.2) is 83.7 Å². The molecule has 7 aromatic rings. The van der Waals surface area contributed by atoms with Crippen LogP contribution in [0.3, 0.4) is 0 Å². The Balaban J connectivity index is 0.997. The lowest BCUT2D eigenvalue weighted by Crippen LogP contribution is -2.27. The Bertz CT molecular complexity index is 2640. The van der Waals surface area contributed by atoms with Gasteiger partial charge in [-0.15, -0.1) is 0 Å². The summed E-state index contributed by atoms with van der Waals surface area (Å²) in [6, 6.07) is 27.3. The zero-order chi connectivity index (χ0) is 36.8. The highest BCUT2D eigenvalue weighted by Gasteiger charge is 2.23. The van der Waals surface area contributed by atoms with Crippen molar-refractivity contribution in [3.63, 3.8) is 0 Å². The first-order chi connectivity index (χ1) is 26.4. The average Bonchev–Trinajstić information content (AvgIpc) is 3.96. The molecule has 4 aromatic carbocycles. The molecule has 0 bridgehead atoms. The number of amides is 2. The van der Waals surface area contributed by atoms with Crippen molar-refractivity contribution in [2.45, 2.75) is 64.5 Å². The van der Waals surface area contributed by atoms with Crippen LogP contribution in [0.1, 0.15) is 56.2 Å². The number of aryl methyl sites for hydroxylation is 3. The second-order valence-corrected chi connectivity index (χ2v) is 14.6. The maximum atomic E-state index is 13.2. The van der Waals surface area contributed by atoms with Gasteiger partial charge in [0.2, 0.25) is 11.8 Å². The first-order valence-corrected chi connectivity index (χ1v) is 19.3. The van der Waals surface area contributed by atoms with Crippen LogP contribution in [-0.2, 0) is 29.1 Å². The van der Waals surface area contributed by atoms with E-state index in [9.17, 15) is 14.4 Å². The van der Waals surface area contributed by atoms with Gasteiger partial charge in [0.15, 0.2) is 0 Å². The van der Waals surface area contributed by atoms with Gasteiger partial charge in [-0.05, 0) is 74.2 Å². The maximum Gasteiger partial charge on any atom is 0.270 e. The molecular weight excluding hydrogens is 677 g/mol. The highest BCUT2D eigenvalue weighted by molar-refractivity contribution is 6.09. The Kier molecular flexibility index (Phi) is 8.84. The fraction of sp³-hybridized carbons (Fsp3) is 0.326. The van der Waals surface area contributed by atoms with E-state index in [4.69, 9.17) is 9.97 Å². The van der Waals surface area contributed by atoms with Gasteiger partial charge in [0.25, 0.3) is 5.56 Å². The van der Waals surface area contributed by atoms with Crippen molar-refractivity contribution in [1.29, 1.82) is 0 Å². The largest absolute Gasteiger partial charge is 0.384 e. The van der Waals surface area contributed by atoms with Crippen molar-refractivity contribution >= 4 is 61.4 Å². The number of likely N-dealkylation sites (tertiary alicyclic amines) is 1. The second kappa shape index (κ2) is 14.1. The number of anilines is 1. The van der Waals surface area contributed by atoms with E-state index in [0.717, 1.165) is 61.3 Å². The number of carbonyl (C=O) groups excluding carboxylic acids is 2. The predicted octanol–water partition coefficient (Wildman–Crippen LogP) is 6.73. The quantitative estimate of drug-likeness (QED) is 0.128. The van der Waals surface area contributed by atoms with E-state index in [2.05, 4.69) is 92.3 Å². The van der Waals surface area contributed by atoms with Gasteiger partial charge in [0.05, 0.1) is 22.1 Å². The van der Waals surface area contributed by atoms with Gasteiger partial charge in [0.1, 0.15) is 11.5 Å². The molecule has 11 nitrogen and oxygen atoms in total. The van der Waals surface area contributed by atoms with E-state index >= 15 is 0 Å². The highest BCUT2D eigenvalue weighted by atomic mass is 16.2. The van der Waals surface area contributed by atoms with Crippen molar-refractivity contribution in [3.8, 4) is 11.4 Å². The summed E-state index contributed by atoms with van der Waals surface area (Å²) in [5.74, 6) is 1.33. The Morgan fingerprint density at radius 2 is 1.74 bits per heavy atom. The standard InChI is InChI=1S/C43H44N8O3/c1-2-50-37-12-6-4-10-30(37)31-23-27(14-16-38(31)50)42-47-36-24-34-35(25-39(36)51(42)22-8-21-49-20-7-13-41(49)53)46-33(43(54)48-34)15-17-40(52)44-19-18-28-26-45-32-11-5-3-9-29(28)32/h3-6,9-12,14,16,23-25,28,45H,2,7-8,13,15,17-22,26H2,1H3,(H,44,52)(H,48,54). The van der Waals surface area contributed by atoms with Gasteiger partial charge in [-0.3, -0.25) is 14.4 Å². The molecule has 3 N–H and O–H groups in total. The number of benzene rings is 4. The third-order valence-corrected chi connectivity index (χ3v) is 11.3. The molecule has 54 heavy (non-hydrogen) atoms. The average molecular weight is 721 g/mol. The monoisotopic (exact) mass is 720 g/mol. The Morgan fingerprint density at radius 3 is 2.61 bits per heavy atom. The molecule has 0 spiro atoms. The van der Waals surface area contributed by atoms with Crippen LogP contribution in [0.5, 0.6) is 0 Å². The number of aromatic nitrogens is 5. The molecule has 1 saturated heterocycles. The van der Waals surface area contributed by atoms with E-state index in [1.54, 1.807) is 0 Å². The fourth-order valence-corrected chi connectivity index (χ4v) is 8.57. The summed E-state index contributed by atoms with van der Waals surface area (Å²) in [7, 11) is 0. The van der Waals surface area contributed by atoms with Gasteiger partial charge in [-0.1, -0.05) is 36.4 Å². The van der Waals surface area contributed by atoms with Gasteiger partial charge < -0.3 is 29.7 Å². The molecule has 2 aliphatic rings. The lowest BCUT2D eigenvalue weighted by atomic mass is 9.98. The van der Waals surface area contributed by atoms with Crippen molar-refractivity contribution in [1.82, 2.24) is 34.3 Å². The van der Waals surface area contributed by atoms with E-state index < -0.39 is 0 Å². The van der Waals surface area contributed by atoms with Crippen LogP contribution in [0.25, 0.3) is 55.3 Å². The maximum absolute atomic E-state index is 13.2. The number of carbonyl (C=O) groups is 2. The number of hydrogen-bond donors (Lipinski definition) is 3. The molecule has 1 fully saturated rings. The molecule has 1 atom stereocenters. The summed E-state index contributed by atoms with van der Waals surface area (Å²) >= 11 is 0. The van der Waals surface area contributed by atoms with Gasteiger partial charge in [0, 0.05) is 97.5 Å². The molecule has 3 aromatic heterocycles. The van der Waals surface area contributed by atoms with Gasteiger partial charge in [-0.25, -0.2) is 9.97 Å². The van der Waals surface area contributed by atoms with Crippen LogP contribution in [0.4, 0.5) is 5.69 Å². The molecule has 2 aliphatic heterocycles. The number of H-pyrrole nitrogens is 1. The molecule has 2 amide bonds. The SMILES string of the molecule is CCn1c2ccccc2c2cc(-c3nc4cc5[nH]c(=O)c(CCC(=O)NCCC6CNc7ccccc76)nc5cc4n3CCCN3CCCC3=O)ccc21. The van der Waals surface area contributed by atoms with Crippen molar-refractivity contribution in [3.05, 3.63) is 100 Å². The van der Waals surface area contributed by atoms with E-state index in [1.807, 2.05) is 23.1 Å². The first kappa shape index (κ1) is 33.8. The molecule has 0 aliphatic carbocycles. The minimum Gasteiger partial charge on any atom is -0.384 e. The molecule has 0 radical (unpaired) electrons. The Hall–Kier alpha value is -5.97. The van der Waals surface area contributed by atoms with Gasteiger partial charge >= 0.3 is 0 Å². The molecule has 0 saturated carbocycles. The summed E-state index contributed by atoms with van der Waals surface area (Å²) in [4.78, 5) is 53.4. The number of nitrogens with one attached hydrogen (secondary N) is 3. The number of nitrogens with zero attached hydrogens (tertiary/aromatic N) is 5. The van der Waals surface area contributed by atoms with Crippen LogP contribution in [0, 0.1) is 0 Å². The number of fused-ring (bicyclic) bond motifs is 6. The van der Waals surface area contributed by atoms with E-state index in [1.165, 1.54) is 33.1 Å². The molecular formula is C43H44N8O3. The van der Waals surface area contributed by atoms with Crippen molar-refractivity contribution < 1.29 is 9.59 Å². The molecule has 5 heterocycles. The van der Waals surface area contributed by atoms with Crippen LogP contribution in [0.2, 0.25) is 0 Å². The number of para-hydroxylation sites is 2. The molecule has 9 rings (SSSR count). The lowest BCUT2D eigenvalue weighted by Gasteiger charge is -2.16. The van der Waals surface area contributed by atoms with Crippen LogP contribution >= 0.6 is 0 Å². The minimum atomic E-state index is -0.295. The number of hydrogen-bond acceptors (Lipinski definition) is 6. The third kappa shape index (κ3) is 6.17. The normalized spacial score (nSPS) is 15.5. The van der Waals surface area contributed by atoms with Crippen molar-refractivity contribution in [2.24, 2.45) is 0 Å². The number of rotatable bonds is 12. The third-order valence-electron chi connectivity index (χ3n) is 11.3. The van der Waals surface area contributed by atoms with Crippen molar-refractivity contribution in [2.75, 3.05) is 31.5 Å². The van der Waals surface area contributed by atoms with Crippen LogP contribution < -0.4 is 16.2 Å². The van der Waals surface area contributed by atoms with Gasteiger partial charge in [-0.2, -0.15) is 0 Å². The summed E-state index contributed by atoms with van der Waals surface area (Å²) in [5, 5.41) is 8.86. The smallest absolute Gasteiger partial charge is 0.270 e. The Labute approximate surface area is 312 Å². The predicted molar refractivity (Wildman–Crippen MR) is 214 cm³/mol. The van der Waals surface area contributed by atoms with E-state index in [0.29, 0.717) is 48.7 Å². The Morgan fingerprint density at radius 1 is 0.889 bits per heavy atom. The van der Waals surface area contributed by atoms with E-state index in [-0.39, 0.29) is 30.2 Å². The molecule has 11 heteroatoms. The molecule has 274 valence electrons. The topological polar surface area (TPSA) is 130 Å². The summed E-state index contributed by atoms with van der Waals surface area (Å²) in [5.41, 5.74) is 8.82. The van der Waals surface area contributed by atoms with Crippen LogP contribution in [-0.4, -0.2) is 67.0 Å². The first-order valence-electron chi connectivity index (χ1n) is 19.3. The highest BCUT2D eigenvalue weighted by Crippen LogP contribution is 2.35. The summed E-state index contributed by atoms with van der Waals surface area (Å²) in [6.45, 7) is 6.65. The number of aromatic amines is 1. The second-order valence-electron chi connectivity index (χ2n) is 14.6. The lowest BCUT2D eigenvalue weighted by molar-refractivity contribution is -0.127. The number of imidazole rings is 1. The molecule has 1 unspecified atom stereocenters.